The van der Waals surface area contributed by atoms with Gasteiger partial charge in [0, 0.05) is 43.2 Å². The van der Waals surface area contributed by atoms with E-state index in [0.29, 0.717) is 19.1 Å². The molecule has 0 radical (unpaired) electrons. The van der Waals surface area contributed by atoms with Gasteiger partial charge in [-0.1, -0.05) is 15.9 Å². The Morgan fingerprint density at radius 2 is 1.82 bits per heavy atom. The van der Waals surface area contributed by atoms with Crippen LogP contribution in [0.4, 0.5) is 8.78 Å². The number of rotatable bonds is 2. The van der Waals surface area contributed by atoms with Gasteiger partial charge in [-0.2, -0.15) is 0 Å². The Kier molecular flexibility index (Phi) is 4.75. The van der Waals surface area contributed by atoms with Crippen molar-refractivity contribution >= 4 is 21.8 Å². The number of piperazine rings is 1. The summed E-state index contributed by atoms with van der Waals surface area (Å²) in [5.41, 5.74) is -0.459. The molecule has 2 fully saturated rings. The smallest absolute Gasteiger partial charge is 0.259 e. The first kappa shape index (κ1) is 15.8. The van der Waals surface area contributed by atoms with Gasteiger partial charge in [-0.25, -0.2) is 8.78 Å². The highest BCUT2D eigenvalue weighted by Gasteiger charge is 2.30. The number of carbonyl (C=O) groups excluding carboxylic acids is 1. The average Bonchev–Trinajstić information content (AvgIpc) is 3.00. The summed E-state index contributed by atoms with van der Waals surface area (Å²) in [7, 11) is 0. The van der Waals surface area contributed by atoms with Crippen LogP contribution >= 0.6 is 15.9 Å². The zero-order chi connectivity index (χ0) is 15.7. The first-order valence-electron chi connectivity index (χ1n) is 7.45. The molecule has 2 heterocycles. The molecule has 0 aliphatic carbocycles. The van der Waals surface area contributed by atoms with Gasteiger partial charge in [0.25, 0.3) is 5.91 Å². The fourth-order valence-corrected chi connectivity index (χ4v) is 3.55. The minimum absolute atomic E-state index is 0.289. The topological polar surface area (TPSA) is 35.6 Å². The molecule has 2 saturated heterocycles. The Bertz CT molecular complexity index is 547. The lowest BCUT2D eigenvalue weighted by molar-refractivity contribution is 0.0575. The van der Waals surface area contributed by atoms with E-state index in [2.05, 4.69) is 26.1 Å². The molecule has 4 nitrogen and oxygen atoms in total. The molecule has 0 spiro atoms. The zero-order valence-corrected chi connectivity index (χ0v) is 13.7. The first-order chi connectivity index (χ1) is 10.6. The lowest BCUT2D eigenvalue weighted by atomic mass is 10.1. The number of halogens is 3. The van der Waals surface area contributed by atoms with E-state index in [1.165, 1.54) is 4.90 Å². The Morgan fingerprint density at radius 3 is 2.36 bits per heavy atom. The molecular formula is C15H18BrF2N3O. The van der Waals surface area contributed by atoms with Gasteiger partial charge in [0.2, 0.25) is 0 Å². The maximum absolute atomic E-state index is 13.9. The predicted molar refractivity (Wildman–Crippen MR) is 82.8 cm³/mol. The van der Waals surface area contributed by atoms with Crippen molar-refractivity contribution < 1.29 is 13.6 Å². The molecule has 0 aromatic heterocycles. The Hall–Kier alpha value is -1.05. The van der Waals surface area contributed by atoms with Gasteiger partial charge in [-0.05, 0) is 25.1 Å². The second-order valence-electron chi connectivity index (χ2n) is 5.72. The third-order valence-corrected chi connectivity index (χ3v) is 4.83. The summed E-state index contributed by atoms with van der Waals surface area (Å²) in [5, 5.41) is 3.32. The molecular weight excluding hydrogens is 356 g/mol. The maximum atomic E-state index is 13.9. The van der Waals surface area contributed by atoms with Crippen molar-refractivity contribution in [3.63, 3.8) is 0 Å². The third kappa shape index (κ3) is 3.16. The Balaban J connectivity index is 1.67. The van der Waals surface area contributed by atoms with Gasteiger partial charge >= 0.3 is 0 Å². The van der Waals surface area contributed by atoms with Crippen LogP contribution in [-0.4, -0.2) is 61.0 Å². The average molecular weight is 374 g/mol. The maximum Gasteiger partial charge on any atom is 0.259 e. The van der Waals surface area contributed by atoms with Crippen molar-refractivity contribution in [2.75, 3.05) is 39.3 Å². The van der Waals surface area contributed by atoms with E-state index in [4.69, 9.17) is 0 Å². The highest BCUT2D eigenvalue weighted by atomic mass is 79.9. The largest absolute Gasteiger partial charge is 0.336 e. The predicted octanol–water partition coefficient (Wildman–Crippen LogP) is 1.85. The van der Waals surface area contributed by atoms with Crippen molar-refractivity contribution in [3.05, 3.63) is 33.8 Å². The molecule has 3 rings (SSSR count). The lowest BCUT2D eigenvalue weighted by Crippen LogP contribution is -2.52. The molecule has 22 heavy (non-hydrogen) atoms. The number of nitrogens with zero attached hydrogens (tertiary/aromatic N) is 2. The summed E-state index contributed by atoms with van der Waals surface area (Å²) in [6.45, 7) is 4.51. The van der Waals surface area contributed by atoms with Crippen LogP contribution in [0.1, 0.15) is 16.8 Å². The summed E-state index contributed by atoms with van der Waals surface area (Å²) in [5.74, 6) is -2.20. The SMILES string of the molecule is O=C(c1c(F)cc(Br)cc1F)N1CCN(C2CCNC2)CC1. The zero-order valence-electron chi connectivity index (χ0n) is 12.1. The number of amides is 1. The minimum atomic E-state index is -0.820. The van der Waals surface area contributed by atoms with E-state index in [0.717, 1.165) is 44.7 Å². The van der Waals surface area contributed by atoms with Crippen LogP contribution in [0.3, 0.4) is 0 Å². The van der Waals surface area contributed by atoms with Crippen molar-refractivity contribution in [2.45, 2.75) is 12.5 Å². The van der Waals surface area contributed by atoms with Gasteiger partial charge < -0.3 is 10.2 Å². The summed E-state index contributed by atoms with van der Waals surface area (Å²) < 4.78 is 28.1. The van der Waals surface area contributed by atoms with E-state index in [-0.39, 0.29) is 4.47 Å². The number of benzene rings is 1. The number of nitrogens with one attached hydrogen (secondary N) is 1. The van der Waals surface area contributed by atoms with Crippen LogP contribution < -0.4 is 5.32 Å². The van der Waals surface area contributed by atoms with Crippen LogP contribution in [0.5, 0.6) is 0 Å². The van der Waals surface area contributed by atoms with E-state index < -0.39 is 23.1 Å². The van der Waals surface area contributed by atoms with Crippen LogP contribution in [0.25, 0.3) is 0 Å². The normalized spacial score (nSPS) is 23.0. The van der Waals surface area contributed by atoms with E-state index in [1.54, 1.807) is 0 Å². The highest BCUT2D eigenvalue weighted by Crippen LogP contribution is 2.22. The van der Waals surface area contributed by atoms with Crippen LogP contribution in [0.15, 0.2) is 16.6 Å². The molecule has 1 aromatic carbocycles. The molecule has 1 atom stereocenters. The molecule has 2 aliphatic rings. The fraction of sp³-hybridized carbons (Fsp3) is 0.533. The van der Waals surface area contributed by atoms with Crippen LogP contribution in [0, 0.1) is 11.6 Å². The molecule has 7 heteroatoms. The summed E-state index contributed by atoms with van der Waals surface area (Å²) in [6.07, 6.45) is 1.11. The third-order valence-electron chi connectivity index (χ3n) is 4.37. The lowest BCUT2D eigenvalue weighted by Gasteiger charge is -2.37. The van der Waals surface area contributed by atoms with Gasteiger partial charge in [0.05, 0.1) is 0 Å². The first-order valence-corrected chi connectivity index (χ1v) is 8.24. The minimum Gasteiger partial charge on any atom is -0.336 e. The highest BCUT2D eigenvalue weighted by molar-refractivity contribution is 9.10. The van der Waals surface area contributed by atoms with Gasteiger partial charge in [-0.3, -0.25) is 9.69 Å². The fourth-order valence-electron chi connectivity index (χ4n) is 3.15. The molecule has 1 amide bonds. The molecule has 1 aromatic rings. The molecule has 1 N–H and O–H groups in total. The quantitative estimate of drug-likeness (QED) is 0.859. The van der Waals surface area contributed by atoms with E-state index >= 15 is 0 Å². The monoisotopic (exact) mass is 373 g/mol. The van der Waals surface area contributed by atoms with Crippen molar-refractivity contribution in [1.82, 2.24) is 15.1 Å². The second kappa shape index (κ2) is 6.60. The molecule has 120 valence electrons. The summed E-state index contributed by atoms with van der Waals surface area (Å²) >= 11 is 3.02. The number of hydrogen-bond donors (Lipinski definition) is 1. The van der Waals surface area contributed by atoms with E-state index in [9.17, 15) is 13.6 Å². The summed E-state index contributed by atoms with van der Waals surface area (Å²) in [4.78, 5) is 16.3. The van der Waals surface area contributed by atoms with Crippen molar-refractivity contribution in [1.29, 1.82) is 0 Å². The molecule has 1 unspecified atom stereocenters. The Labute approximate surface area is 136 Å². The van der Waals surface area contributed by atoms with Gasteiger partial charge in [-0.15, -0.1) is 0 Å². The van der Waals surface area contributed by atoms with Crippen molar-refractivity contribution in [2.24, 2.45) is 0 Å². The standard InChI is InChI=1S/C15H18BrF2N3O/c16-10-7-12(17)14(13(18)8-10)15(22)21-5-3-20(4-6-21)11-1-2-19-9-11/h7-8,11,19H,1-6,9H2. The number of carbonyl (C=O) groups is 1. The van der Waals surface area contributed by atoms with Gasteiger partial charge in [0.15, 0.2) is 0 Å². The van der Waals surface area contributed by atoms with Gasteiger partial charge in [0.1, 0.15) is 17.2 Å². The van der Waals surface area contributed by atoms with Crippen molar-refractivity contribution in [3.8, 4) is 0 Å². The molecule has 0 saturated carbocycles. The van der Waals surface area contributed by atoms with Crippen LogP contribution in [-0.2, 0) is 0 Å². The second-order valence-corrected chi connectivity index (χ2v) is 6.63. The molecule has 0 bridgehead atoms. The van der Waals surface area contributed by atoms with E-state index in [1.807, 2.05) is 0 Å². The van der Waals surface area contributed by atoms with Crippen LogP contribution in [0.2, 0.25) is 0 Å². The Morgan fingerprint density at radius 1 is 1.18 bits per heavy atom. The number of hydrogen-bond acceptors (Lipinski definition) is 3. The summed E-state index contributed by atoms with van der Waals surface area (Å²) in [6, 6.07) is 2.76. The molecule has 2 aliphatic heterocycles.